The van der Waals surface area contributed by atoms with Gasteiger partial charge in [0.25, 0.3) is 0 Å². The van der Waals surface area contributed by atoms with Gasteiger partial charge in [-0.05, 0) is 65.7 Å². The predicted molar refractivity (Wildman–Crippen MR) is 75.8 cm³/mol. The first-order valence-electron chi connectivity index (χ1n) is 6.14. The maximum Gasteiger partial charge on any atom is 0.328 e. The molecule has 0 saturated heterocycles. The van der Waals surface area contributed by atoms with Crippen LogP contribution in [0.2, 0.25) is 0 Å². The van der Waals surface area contributed by atoms with E-state index >= 15 is 0 Å². The number of rotatable bonds is 4. The maximum atomic E-state index is 11.8. The first-order chi connectivity index (χ1) is 8.52. The summed E-state index contributed by atoms with van der Waals surface area (Å²) in [6, 6.07) is 3.93. The van der Waals surface area contributed by atoms with Crippen LogP contribution in [-0.4, -0.2) is 19.1 Å². The van der Waals surface area contributed by atoms with Gasteiger partial charge in [0.1, 0.15) is 6.04 Å². The van der Waals surface area contributed by atoms with Crippen molar-refractivity contribution >= 4 is 27.6 Å². The molecule has 1 saturated carbocycles. The third-order valence-electron chi connectivity index (χ3n) is 3.28. The van der Waals surface area contributed by atoms with Crippen molar-refractivity contribution in [3.8, 4) is 0 Å². The Kier molecular flexibility index (Phi) is 3.95. The molecular weight excluding hydrogens is 294 g/mol. The number of anilines is 1. The molecule has 98 valence electrons. The van der Waals surface area contributed by atoms with Gasteiger partial charge < -0.3 is 10.1 Å². The van der Waals surface area contributed by atoms with Gasteiger partial charge in [-0.2, -0.15) is 0 Å². The van der Waals surface area contributed by atoms with Crippen molar-refractivity contribution in [1.82, 2.24) is 0 Å². The monoisotopic (exact) mass is 311 g/mol. The summed E-state index contributed by atoms with van der Waals surface area (Å²) in [6.07, 6.45) is 2.19. The van der Waals surface area contributed by atoms with Crippen molar-refractivity contribution in [1.29, 1.82) is 0 Å². The van der Waals surface area contributed by atoms with Gasteiger partial charge in [0.05, 0.1) is 12.8 Å². The van der Waals surface area contributed by atoms with E-state index in [4.69, 9.17) is 4.74 Å². The average molecular weight is 312 g/mol. The van der Waals surface area contributed by atoms with Crippen LogP contribution in [0, 0.1) is 19.8 Å². The van der Waals surface area contributed by atoms with Crippen LogP contribution in [0.1, 0.15) is 24.0 Å². The second kappa shape index (κ2) is 5.31. The Morgan fingerprint density at radius 2 is 2.11 bits per heavy atom. The Hall–Kier alpha value is -1.03. The average Bonchev–Trinajstić information content (AvgIpc) is 3.11. The van der Waals surface area contributed by atoms with E-state index < -0.39 is 0 Å². The molecule has 4 heteroatoms. The van der Waals surface area contributed by atoms with Gasteiger partial charge in [-0.1, -0.05) is 6.07 Å². The lowest BCUT2D eigenvalue weighted by atomic mass is 10.1. The van der Waals surface area contributed by atoms with Crippen LogP contribution in [-0.2, 0) is 9.53 Å². The van der Waals surface area contributed by atoms with Crippen LogP contribution < -0.4 is 5.32 Å². The maximum absolute atomic E-state index is 11.8. The molecule has 1 aliphatic rings. The number of carbonyl (C=O) groups excluding carboxylic acids is 1. The smallest absolute Gasteiger partial charge is 0.328 e. The number of nitrogens with one attached hydrogen (secondary N) is 1. The first kappa shape index (κ1) is 13.4. The van der Waals surface area contributed by atoms with E-state index in [0.29, 0.717) is 5.92 Å². The van der Waals surface area contributed by atoms with Crippen LogP contribution >= 0.6 is 15.9 Å². The summed E-state index contributed by atoms with van der Waals surface area (Å²) in [5, 5.41) is 3.33. The van der Waals surface area contributed by atoms with Gasteiger partial charge in [0.15, 0.2) is 0 Å². The normalized spacial score (nSPS) is 16.2. The third-order valence-corrected chi connectivity index (χ3v) is 3.91. The Morgan fingerprint density at radius 1 is 1.44 bits per heavy atom. The fraction of sp³-hybridized carbons (Fsp3) is 0.500. The highest BCUT2D eigenvalue weighted by Crippen LogP contribution is 2.37. The number of methoxy groups -OCH3 is 1. The molecular formula is C14H18BrNO2. The van der Waals surface area contributed by atoms with Crippen molar-refractivity contribution in [3.63, 3.8) is 0 Å². The molecule has 18 heavy (non-hydrogen) atoms. The molecule has 1 N–H and O–H groups in total. The highest BCUT2D eigenvalue weighted by atomic mass is 79.9. The summed E-state index contributed by atoms with van der Waals surface area (Å²) >= 11 is 3.55. The topological polar surface area (TPSA) is 38.3 Å². The second-order valence-corrected chi connectivity index (χ2v) is 5.78. The molecule has 0 spiro atoms. The molecule has 1 aliphatic carbocycles. The van der Waals surface area contributed by atoms with E-state index in [-0.39, 0.29) is 12.0 Å². The zero-order valence-electron chi connectivity index (χ0n) is 10.9. The van der Waals surface area contributed by atoms with E-state index in [1.54, 1.807) is 0 Å². The van der Waals surface area contributed by atoms with Gasteiger partial charge in [-0.3, -0.25) is 0 Å². The summed E-state index contributed by atoms with van der Waals surface area (Å²) in [4.78, 5) is 11.8. The minimum atomic E-state index is -0.229. The second-order valence-electron chi connectivity index (χ2n) is 4.92. The summed E-state index contributed by atoms with van der Waals surface area (Å²) in [7, 11) is 1.44. The Bertz CT molecular complexity index is 446. The van der Waals surface area contributed by atoms with Gasteiger partial charge in [0, 0.05) is 4.47 Å². The largest absolute Gasteiger partial charge is 0.467 e. The number of ether oxygens (including phenoxy) is 1. The number of esters is 1. The highest BCUT2D eigenvalue weighted by Gasteiger charge is 2.37. The minimum absolute atomic E-state index is 0.177. The van der Waals surface area contributed by atoms with E-state index in [1.165, 1.54) is 12.7 Å². The van der Waals surface area contributed by atoms with Gasteiger partial charge in [-0.15, -0.1) is 0 Å². The van der Waals surface area contributed by atoms with Gasteiger partial charge >= 0.3 is 5.97 Å². The fourth-order valence-corrected chi connectivity index (χ4v) is 2.97. The van der Waals surface area contributed by atoms with Gasteiger partial charge in [-0.25, -0.2) is 4.79 Å². The number of carbonyl (C=O) groups is 1. The lowest BCUT2D eigenvalue weighted by Crippen LogP contribution is -2.33. The van der Waals surface area contributed by atoms with Gasteiger partial charge in [0.2, 0.25) is 0 Å². The van der Waals surface area contributed by atoms with Crippen LogP contribution in [0.15, 0.2) is 16.6 Å². The van der Waals surface area contributed by atoms with E-state index in [9.17, 15) is 4.79 Å². The number of halogens is 1. The van der Waals surface area contributed by atoms with Crippen LogP contribution in [0.5, 0.6) is 0 Å². The quantitative estimate of drug-likeness (QED) is 0.866. The minimum Gasteiger partial charge on any atom is -0.467 e. The standard InChI is InChI=1S/C14H18BrNO2/c1-8-6-9(2)12(11(15)7-8)16-13(10-4-5-10)14(17)18-3/h6-7,10,13,16H,4-5H2,1-3H3. The molecule has 1 fully saturated rings. The molecule has 1 atom stereocenters. The number of aryl methyl sites for hydroxylation is 2. The number of hydrogen-bond donors (Lipinski definition) is 1. The van der Waals surface area contributed by atoms with Crippen molar-refractivity contribution < 1.29 is 9.53 Å². The summed E-state index contributed by atoms with van der Waals surface area (Å²) in [5.41, 5.74) is 3.32. The first-order valence-corrected chi connectivity index (χ1v) is 6.93. The number of hydrogen-bond acceptors (Lipinski definition) is 3. The molecule has 0 radical (unpaired) electrons. The third kappa shape index (κ3) is 2.86. The van der Waals surface area contributed by atoms with Crippen molar-refractivity contribution in [2.45, 2.75) is 32.7 Å². The zero-order chi connectivity index (χ0) is 13.3. The highest BCUT2D eigenvalue weighted by molar-refractivity contribution is 9.10. The number of benzene rings is 1. The van der Waals surface area contributed by atoms with Crippen LogP contribution in [0.3, 0.4) is 0 Å². The molecule has 0 heterocycles. The lowest BCUT2D eigenvalue weighted by Gasteiger charge is -2.20. The predicted octanol–water partition coefficient (Wildman–Crippen LogP) is 3.43. The molecule has 1 unspecified atom stereocenters. The van der Waals surface area contributed by atoms with E-state index in [2.05, 4.69) is 40.3 Å². The molecule has 0 aliphatic heterocycles. The molecule has 1 aromatic rings. The van der Waals surface area contributed by atoms with Crippen LogP contribution in [0.25, 0.3) is 0 Å². The molecule has 1 aromatic carbocycles. The molecule has 0 aromatic heterocycles. The van der Waals surface area contributed by atoms with Crippen LogP contribution in [0.4, 0.5) is 5.69 Å². The molecule has 2 rings (SSSR count). The summed E-state index contributed by atoms with van der Waals surface area (Å²) in [5.74, 6) is 0.231. The van der Waals surface area contributed by atoms with Crippen molar-refractivity contribution in [3.05, 3.63) is 27.7 Å². The summed E-state index contributed by atoms with van der Waals surface area (Å²) in [6.45, 7) is 4.10. The lowest BCUT2D eigenvalue weighted by molar-refractivity contribution is -0.142. The van der Waals surface area contributed by atoms with E-state index in [0.717, 1.165) is 28.6 Å². The molecule has 0 bridgehead atoms. The Morgan fingerprint density at radius 3 is 2.61 bits per heavy atom. The molecule has 3 nitrogen and oxygen atoms in total. The van der Waals surface area contributed by atoms with E-state index in [1.807, 2.05) is 6.92 Å². The Labute approximate surface area is 116 Å². The Balaban J connectivity index is 2.24. The van der Waals surface area contributed by atoms with Crippen molar-refractivity contribution in [2.75, 3.05) is 12.4 Å². The fourth-order valence-electron chi connectivity index (χ4n) is 2.18. The SMILES string of the molecule is COC(=O)C(Nc1c(C)cc(C)cc1Br)C1CC1. The zero-order valence-corrected chi connectivity index (χ0v) is 12.5. The molecule has 0 amide bonds. The summed E-state index contributed by atoms with van der Waals surface area (Å²) < 4.78 is 5.87. The van der Waals surface area contributed by atoms with Crippen molar-refractivity contribution in [2.24, 2.45) is 5.92 Å².